The van der Waals surface area contributed by atoms with Gasteiger partial charge in [-0.3, -0.25) is 0 Å². The lowest BCUT2D eigenvalue weighted by Gasteiger charge is -2.42. The Bertz CT molecular complexity index is 304. The number of nitrogens with zero attached hydrogens (tertiary/aromatic N) is 1. The molecular formula is C18H36N2O. The second kappa shape index (κ2) is 7.43. The summed E-state index contributed by atoms with van der Waals surface area (Å²) in [6.45, 7) is 7.60. The van der Waals surface area contributed by atoms with Crippen LogP contribution in [0.4, 0.5) is 0 Å². The van der Waals surface area contributed by atoms with Crippen LogP contribution in [0.15, 0.2) is 0 Å². The number of aliphatic hydroxyl groups is 1. The second-order valence-corrected chi connectivity index (χ2v) is 8.20. The van der Waals surface area contributed by atoms with Crippen molar-refractivity contribution in [1.82, 2.24) is 10.2 Å². The summed E-state index contributed by atoms with van der Waals surface area (Å²) in [6, 6.07) is 0.563. The van der Waals surface area contributed by atoms with E-state index in [0.717, 1.165) is 32.5 Å². The Morgan fingerprint density at radius 2 is 1.52 bits per heavy atom. The van der Waals surface area contributed by atoms with Crippen LogP contribution in [-0.2, 0) is 0 Å². The fourth-order valence-electron chi connectivity index (χ4n) is 4.44. The third-order valence-electron chi connectivity index (χ3n) is 5.50. The summed E-state index contributed by atoms with van der Waals surface area (Å²) in [5, 5.41) is 14.3. The van der Waals surface area contributed by atoms with Crippen LogP contribution in [0.1, 0.15) is 71.6 Å². The molecule has 2 fully saturated rings. The second-order valence-electron chi connectivity index (χ2n) is 8.20. The number of nitrogens with one attached hydrogen (secondary N) is 1. The zero-order valence-corrected chi connectivity index (χ0v) is 14.5. The van der Waals surface area contributed by atoms with Gasteiger partial charge in [0, 0.05) is 25.7 Å². The van der Waals surface area contributed by atoms with Crippen LogP contribution in [0.5, 0.6) is 0 Å². The van der Waals surface area contributed by atoms with E-state index in [0.29, 0.717) is 11.5 Å². The van der Waals surface area contributed by atoms with E-state index >= 15 is 0 Å². The Hall–Kier alpha value is -0.120. The highest BCUT2D eigenvalue weighted by Crippen LogP contribution is 2.37. The van der Waals surface area contributed by atoms with Crippen LogP contribution < -0.4 is 5.32 Å². The topological polar surface area (TPSA) is 35.5 Å². The molecule has 0 unspecified atom stereocenters. The Labute approximate surface area is 131 Å². The van der Waals surface area contributed by atoms with E-state index in [1.54, 1.807) is 0 Å². The lowest BCUT2D eigenvalue weighted by atomic mass is 9.73. The van der Waals surface area contributed by atoms with E-state index in [2.05, 4.69) is 31.1 Å². The molecule has 2 N–H and O–H groups in total. The van der Waals surface area contributed by atoms with Gasteiger partial charge in [-0.1, -0.05) is 46.0 Å². The average Bonchev–Trinajstić information content (AvgIpc) is 2.83. The maximum Gasteiger partial charge on any atom is 0.0774 e. The average molecular weight is 296 g/mol. The molecule has 0 aromatic heterocycles. The summed E-state index contributed by atoms with van der Waals surface area (Å²) in [5.74, 6) is 0. The van der Waals surface area contributed by atoms with Crippen molar-refractivity contribution >= 4 is 0 Å². The molecular weight excluding hydrogens is 260 g/mol. The molecule has 0 spiro atoms. The monoisotopic (exact) mass is 296 g/mol. The quantitative estimate of drug-likeness (QED) is 0.757. The molecule has 0 aliphatic heterocycles. The summed E-state index contributed by atoms with van der Waals surface area (Å²) in [6.07, 6.45) is 11.2. The van der Waals surface area contributed by atoms with E-state index in [9.17, 15) is 5.11 Å². The molecule has 0 bridgehead atoms. The number of hydrogen-bond acceptors (Lipinski definition) is 3. The highest BCUT2D eigenvalue weighted by atomic mass is 16.3. The lowest BCUT2D eigenvalue weighted by molar-refractivity contribution is 0.000332. The largest absolute Gasteiger partial charge is 0.389 e. The Morgan fingerprint density at radius 3 is 2.10 bits per heavy atom. The summed E-state index contributed by atoms with van der Waals surface area (Å²) in [7, 11) is 2.21. The minimum Gasteiger partial charge on any atom is -0.389 e. The molecule has 21 heavy (non-hydrogen) atoms. The zero-order valence-electron chi connectivity index (χ0n) is 14.5. The first-order chi connectivity index (χ1) is 9.93. The molecule has 0 aromatic rings. The molecule has 124 valence electrons. The first-order valence-corrected chi connectivity index (χ1v) is 9.08. The molecule has 0 heterocycles. The van der Waals surface area contributed by atoms with E-state index in [-0.39, 0.29) is 0 Å². The van der Waals surface area contributed by atoms with Gasteiger partial charge in [-0.05, 0) is 38.1 Å². The van der Waals surface area contributed by atoms with E-state index in [1.165, 1.54) is 44.9 Å². The standard InChI is InChI=1S/C18H36N2O/c1-16(2)19-13-17(9-5-4-6-10-17)14-20(3)15-18(21)11-7-8-12-18/h16,19,21H,4-15H2,1-3H3. The molecule has 0 aromatic carbocycles. The van der Waals surface area contributed by atoms with Crippen molar-refractivity contribution in [3.05, 3.63) is 0 Å². The van der Waals surface area contributed by atoms with Gasteiger partial charge >= 0.3 is 0 Å². The van der Waals surface area contributed by atoms with Crippen molar-refractivity contribution in [1.29, 1.82) is 0 Å². The number of likely N-dealkylation sites (N-methyl/N-ethyl adjacent to an activating group) is 1. The highest BCUT2D eigenvalue weighted by Gasteiger charge is 2.37. The van der Waals surface area contributed by atoms with Gasteiger partial charge in [-0.25, -0.2) is 0 Å². The molecule has 3 heteroatoms. The van der Waals surface area contributed by atoms with Crippen molar-refractivity contribution in [3.8, 4) is 0 Å². The zero-order chi connectivity index (χ0) is 15.3. The van der Waals surface area contributed by atoms with Crippen molar-refractivity contribution in [2.24, 2.45) is 5.41 Å². The number of hydrogen-bond donors (Lipinski definition) is 2. The molecule has 0 amide bonds. The van der Waals surface area contributed by atoms with Crippen molar-refractivity contribution in [2.75, 3.05) is 26.7 Å². The predicted molar refractivity (Wildman–Crippen MR) is 89.6 cm³/mol. The van der Waals surface area contributed by atoms with Gasteiger partial charge in [-0.2, -0.15) is 0 Å². The SMILES string of the molecule is CC(C)NCC1(CN(C)CC2(O)CCCC2)CCCCC1. The smallest absolute Gasteiger partial charge is 0.0774 e. The van der Waals surface area contributed by atoms with Crippen molar-refractivity contribution in [2.45, 2.75) is 83.3 Å². The fourth-order valence-corrected chi connectivity index (χ4v) is 4.44. The fraction of sp³-hybridized carbons (Fsp3) is 1.00. The molecule has 2 saturated carbocycles. The highest BCUT2D eigenvalue weighted by molar-refractivity contribution is 4.91. The van der Waals surface area contributed by atoms with Gasteiger partial charge in [0.15, 0.2) is 0 Å². The summed E-state index contributed by atoms with van der Waals surface area (Å²) in [5.41, 5.74) is 0.0162. The van der Waals surface area contributed by atoms with Crippen molar-refractivity contribution in [3.63, 3.8) is 0 Å². The van der Waals surface area contributed by atoms with Crippen LogP contribution in [0.2, 0.25) is 0 Å². The first-order valence-electron chi connectivity index (χ1n) is 9.08. The molecule has 0 radical (unpaired) electrons. The minimum absolute atomic E-state index is 0.407. The minimum atomic E-state index is -0.407. The van der Waals surface area contributed by atoms with Crippen LogP contribution in [-0.4, -0.2) is 48.3 Å². The lowest BCUT2D eigenvalue weighted by Crippen LogP contribution is -2.49. The van der Waals surface area contributed by atoms with Gasteiger partial charge in [0.1, 0.15) is 0 Å². The number of rotatable bonds is 7. The maximum absolute atomic E-state index is 10.6. The molecule has 3 nitrogen and oxygen atoms in total. The van der Waals surface area contributed by atoms with Gasteiger partial charge in [-0.15, -0.1) is 0 Å². The normalized spacial score (nSPS) is 24.9. The third-order valence-corrected chi connectivity index (χ3v) is 5.50. The summed E-state index contributed by atoms with van der Waals surface area (Å²) in [4.78, 5) is 2.42. The van der Waals surface area contributed by atoms with Crippen LogP contribution in [0.3, 0.4) is 0 Å². The van der Waals surface area contributed by atoms with Crippen LogP contribution >= 0.6 is 0 Å². The maximum atomic E-state index is 10.6. The molecule has 0 atom stereocenters. The molecule has 0 saturated heterocycles. The van der Waals surface area contributed by atoms with Gasteiger partial charge < -0.3 is 15.3 Å². The van der Waals surface area contributed by atoms with E-state index in [4.69, 9.17) is 0 Å². The van der Waals surface area contributed by atoms with Crippen LogP contribution in [0.25, 0.3) is 0 Å². The Kier molecular flexibility index (Phi) is 6.10. The van der Waals surface area contributed by atoms with E-state index < -0.39 is 5.60 Å². The van der Waals surface area contributed by atoms with Gasteiger partial charge in [0.25, 0.3) is 0 Å². The Morgan fingerprint density at radius 1 is 0.952 bits per heavy atom. The van der Waals surface area contributed by atoms with Gasteiger partial charge in [0.05, 0.1) is 5.60 Å². The molecule has 2 aliphatic rings. The summed E-state index contributed by atoms with van der Waals surface area (Å²) < 4.78 is 0. The molecule has 2 aliphatic carbocycles. The predicted octanol–water partition coefficient (Wildman–Crippen LogP) is 3.17. The van der Waals surface area contributed by atoms with E-state index in [1.807, 2.05) is 0 Å². The first kappa shape index (κ1) is 17.2. The van der Waals surface area contributed by atoms with Crippen LogP contribution in [0, 0.1) is 5.41 Å². The van der Waals surface area contributed by atoms with Gasteiger partial charge in [0.2, 0.25) is 0 Å². The van der Waals surface area contributed by atoms with Crippen molar-refractivity contribution < 1.29 is 5.11 Å². The Balaban J connectivity index is 1.90. The molecule has 2 rings (SSSR count). The third kappa shape index (κ3) is 5.22. The summed E-state index contributed by atoms with van der Waals surface area (Å²) >= 11 is 0.